The van der Waals surface area contributed by atoms with Crippen LogP contribution in [0.4, 0.5) is 4.39 Å². The van der Waals surface area contributed by atoms with Crippen LogP contribution in [0.2, 0.25) is 4.34 Å². The van der Waals surface area contributed by atoms with E-state index >= 15 is 0 Å². The first-order chi connectivity index (χ1) is 8.56. The van der Waals surface area contributed by atoms with E-state index in [9.17, 15) is 4.39 Å². The third kappa shape index (κ3) is 3.31. The zero-order valence-electron chi connectivity index (χ0n) is 10.3. The second-order valence-corrected chi connectivity index (χ2v) is 5.89. The van der Waals surface area contributed by atoms with E-state index in [0.717, 1.165) is 15.5 Å². The SMILES string of the molecule is CC(NC(C)c1csc(Cl)c1)c1cccc(F)c1. The molecule has 0 aliphatic heterocycles. The van der Waals surface area contributed by atoms with Crippen molar-refractivity contribution in [2.45, 2.75) is 25.9 Å². The van der Waals surface area contributed by atoms with E-state index in [1.165, 1.54) is 17.4 Å². The topological polar surface area (TPSA) is 12.0 Å². The largest absolute Gasteiger partial charge is 0.304 e. The molecule has 0 bridgehead atoms. The van der Waals surface area contributed by atoms with Crippen LogP contribution in [0.25, 0.3) is 0 Å². The van der Waals surface area contributed by atoms with Crippen molar-refractivity contribution in [3.05, 3.63) is 57.0 Å². The molecule has 0 saturated carbocycles. The van der Waals surface area contributed by atoms with Gasteiger partial charge in [-0.1, -0.05) is 23.7 Å². The van der Waals surface area contributed by atoms with Gasteiger partial charge in [0.25, 0.3) is 0 Å². The fourth-order valence-corrected chi connectivity index (χ4v) is 2.88. The first kappa shape index (κ1) is 13.5. The quantitative estimate of drug-likeness (QED) is 0.837. The molecule has 0 saturated heterocycles. The van der Waals surface area contributed by atoms with Crippen LogP contribution in [0.15, 0.2) is 35.7 Å². The van der Waals surface area contributed by atoms with Gasteiger partial charge in [0.2, 0.25) is 0 Å². The maximum Gasteiger partial charge on any atom is 0.123 e. The van der Waals surface area contributed by atoms with E-state index in [4.69, 9.17) is 11.6 Å². The number of halogens is 2. The first-order valence-electron chi connectivity index (χ1n) is 5.81. The van der Waals surface area contributed by atoms with Crippen LogP contribution in [0.3, 0.4) is 0 Å². The molecule has 0 aliphatic carbocycles. The minimum atomic E-state index is -0.201. The summed E-state index contributed by atoms with van der Waals surface area (Å²) >= 11 is 7.44. The van der Waals surface area contributed by atoms with Gasteiger partial charge in [0.15, 0.2) is 0 Å². The van der Waals surface area contributed by atoms with Gasteiger partial charge in [-0.15, -0.1) is 11.3 Å². The first-order valence-corrected chi connectivity index (χ1v) is 7.07. The van der Waals surface area contributed by atoms with Crippen LogP contribution >= 0.6 is 22.9 Å². The van der Waals surface area contributed by atoms with Crippen LogP contribution < -0.4 is 5.32 Å². The Hall–Kier alpha value is -0.900. The fourth-order valence-electron chi connectivity index (χ4n) is 1.89. The Bertz CT molecular complexity index is 526. The van der Waals surface area contributed by atoms with Crippen LogP contribution in [-0.4, -0.2) is 0 Å². The summed E-state index contributed by atoms with van der Waals surface area (Å²) in [5, 5.41) is 5.47. The van der Waals surface area contributed by atoms with E-state index < -0.39 is 0 Å². The summed E-state index contributed by atoms with van der Waals surface area (Å²) < 4.78 is 13.9. The van der Waals surface area contributed by atoms with E-state index in [1.807, 2.05) is 24.4 Å². The second kappa shape index (κ2) is 5.83. The van der Waals surface area contributed by atoms with Crippen molar-refractivity contribution in [2.24, 2.45) is 0 Å². The summed E-state index contributed by atoms with van der Waals surface area (Å²) in [7, 11) is 0. The highest BCUT2D eigenvalue weighted by molar-refractivity contribution is 7.14. The third-order valence-corrected chi connectivity index (χ3v) is 4.05. The smallest absolute Gasteiger partial charge is 0.123 e. The normalized spacial score (nSPS) is 14.4. The van der Waals surface area contributed by atoms with Gasteiger partial charge >= 0.3 is 0 Å². The second-order valence-electron chi connectivity index (χ2n) is 4.35. The van der Waals surface area contributed by atoms with Crippen LogP contribution in [0, 0.1) is 5.82 Å². The molecule has 1 heterocycles. The van der Waals surface area contributed by atoms with Crippen molar-refractivity contribution >= 4 is 22.9 Å². The van der Waals surface area contributed by atoms with Crippen molar-refractivity contribution in [2.75, 3.05) is 0 Å². The number of hydrogen-bond donors (Lipinski definition) is 1. The number of nitrogens with one attached hydrogen (secondary N) is 1. The number of hydrogen-bond acceptors (Lipinski definition) is 2. The molecular formula is C14H15ClFNS. The van der Waals surface area contributed by atoms with Gasteiger partial charge < -0.3 is 5.32 Å². The highest BCUT2D eigenvalue weighted by Crippen LogP contribution is 2.26. The summed E-state index contributed by atoms with van der Waals surface area (Å²) in [6.45, 7) is 4.10. The van der Waals surface area contributed by atoms with Crippen molar-refractivity contribution in [1.82, 2.24) is 5.32 Å². The molecule has 0 fully saturated rings. The molecule has 2 aromatic rings. The minimum absolute atomic E-state index is 0.0920. The summed E-state index contributed by atoms with van der Waals surface area (Å²) in [4.78, 5) is 0. The molecule has 2 rings (SSSR count). The van der Waals surface area contributed by atoms with Gasteiger partial charge in [-0.25, -0.2) is 4.39 Å². The lowest BCUT2D eigenvalue weighted by Gasteiger charge is -2.19. The van der Waals surface area contributed by atoms with Gasteiger partial charge in [0.05, 0.1) is 4.34 Å². The highest BCUT2D eigenvalue weighted by Gasteiger charge is 2.12. The molecular weight excluding hydrogens is 269 g/mol. The Balaban J connectivity index is 2.05. The molecule has 1 aromatic carbocycles. The molecule has 2 atom stereocenters. The molecule has 1 N–H and O–H groups in total. The molecule has 0 aliphatic rings. The molecule has 0 radical (unpaired) electrons. The van der Waals surface area contributed by atoms with Crippen molar-refractivity contribution in [3.8, 4) is 0 Å². The summed E-state index contributed by atoms with van der Waals surface area (Å²) in [6, 6.07) is 8.91. The lowest BCUT2D eigenvalue weighted by molar-refractivity contribution is 0.493. The zero-order chi connectivity index (χ0) is 13.1. The van der Waals surface area contributed by atoms with Crippen LogP contribution in [-0.2, 0) is 0 Å². The summed E-state index contributed by atoms with van der Waals surface area (Å²) in [5.41, 5.74) is 2.11. The molecule has 1 nitrogen and oxygen atoms in total. The summed E-state index contributed by atoms with van der Waals surface area (Å²) in [5.74, 6) is -0.201. The Labute approximate surface area is 116 Å². The predicted molar refractivity (Wildman–Crippen MR) is 75.7 cm³/mol. The van der Waals surface area contributed by atoms with Gasteiger partial charge in [0.1, 0.15) is 5.82 Å². The monoisotopic (exact) mass is 283 g/mol. The standard InChI is InChI=1S/C14H15ClFNS/c1-9(11-4-3-5-13(16)6-11)17-10(2)12-7-14(15)18-8-12/h3-10,17H,1-2H3. The Morgan fingerprint density at radius 1 is 1.17 bits per heavy atom. The lowest BCUT2D eigenvalue weighted by atomic mass is 10.1. The number of thiophene rings is 1. The lowest BCUT2D eigenvalue weighted by Crippen LogP contribution is -2.22. The molecule has 2 unspecified atom stereocenters. The van der Waals surface area contributed by atoms with Gasteiger partial charge in [-0.3, -0.25) is 0 Å². The van der Waals surface area contributed by atoms with Gasteiger partial charge in [-0.05, 0) is 48.6 Å². The van der Waals surface area contributed by atoms with Crippen LogP contribution in [0.1, 0.15) is 37.1 Å². The van der Waals surface area contributed by atoms with Gasteiger partial charge in [0, 0.05) is 12.1 Å². The Kier molecular flexibility index (Phi) is 4.38. The average molecular weight is 284 g/mol. The van der Waals surface area contributed by atoms with E-state index in [1.54, 1.807) is 12.1 Å². The molecule has 96 valence electrons. The summed E-state index contributed by atoms with van der Waals surface area (Å²) in [6.07, 6.45) is 0. The zero-order valence-corrected chi connectivity index (χ0v) is 11.9. The molecule has 18 heavy (non-hydrogen) atoms. The maximum atomic E-state index is 13.1. The average Bonchev–Trinajstić information content (AvgIpc) is 2.76. The molecule has 0 amide bonds. The van der Waals surface area contributed by atoms with Gasteiger partial charge in [-0.2, -0.15) is 0 Å². The highest BCUT2D eigenvalue weighted by atomic mass is 35.5. The fraction of sp³-hybridized carbons (Fsp3) is 0.286. The Morgan fingerprint density at radius 2 is 1.89 bits per heavy atom. The third-order valence-electron chi connectivity index (χ3n) is 2.94. The van der Waals surface area contributed by atoms with E-state index in [-0.39, 0.29) is 17.9 Å². The number of rotatable bonds is 4. The van der Waals surface area contributed by atoms with E-state index in [2.05, 4.69) is 12.2 Å². The maximum absolute atomic E-state index is 13.1. The minimum Gasteiger partial charge on any atom is -0.304 e. The molecule has 4 heteroatoms. The van der Waals surface area contributed by atoms with Crippen molar-refractivity contribution in [1.29, 1.82) is 0 Å². The number of benzene rings is 1. The van der Waals surface area contributed by atoms with Crippen molar-refractivity contribution < 1.29 is 4.39 Å². The molecule has 1 aromatic heterocycles. The predicted octanol–water partition coefficient (Wildman–Crippen LogP) is 4.95. The Morgan fingerprint density at radius 3 is 2.50 bits per heavy atom. The molecule has 0 spiro atoms. The van der Waals surface area contributed by atoms with Crippen LogP contribution in [0.5, 0.6) is 0 Å². The van der Waals surface area contributed by atoms with Crippen molar-refractivity contribution in [3.63, 3.8) is 0 Å². The van der Waals surface area contributed by atoms with E-state index in [0.29, 0.717) is 0 Å².